The topological polar surface area (TPSA) is 0 Å². The van der Waals surface area contributed by atoms with E-state index in [4.69, 9.17) is 23.2 Å². The Morgan fingerprint density at radius 2 is 1.76 bits per heavy atom. The van der Waals surface area contributed by atoms with Crippen LogP contribution in [0.2, 0.25) is 0 Å². The van der Waals surface area contributed by atoms with Crippen molar-refractivity contribution in [2.24, 2.45) is 5.41 Å². The summed E-state index contributed by atoms with van der Waals surface area (Å²) in [5.74, 6) is -0.809. The third-order valence-electron chi connectivity index (χ3n) is 2.91. The quantitative estimate of drug-likeness (QED) is 0.659. The van der Waals surface area contributed by atoms with Crippen LogP contribution in [0, 0.1) is 17.0 Å². The van der Waals surface area contributed by atoms with Gasteiger partial charge in [-0.1, -0.05) is 19.4 Å². The average Bonchev–Trinajstić information content (AvgIpc) is 2.33. The summed E-state index contributed by atoms with van der Waals surface area (Å²) in [6, 6.07) is 3.95. The van der Waals surface area contributed by atoms with Gasteiger partial charge in [0.25, 0.3) is 0 Å². The maximum Gasteiger partial charge on any atom is 0.159 e. The first kappa shape index (κ1) is 14.7. The standard InChI is InChI=1S/C13H16Cl2F2/c1-2-5-13(8-14,9-15)7-10-3-4-11(16)12(17)6-10/h3-4,6H,2,5,7-9H2,1H3. The molecule has 0 aromatic heterocycles. The van der Waals surface area contributed by atoms with Crippen molar-refractivity contribution < 1.29 is 8.78 Å². The fourth-order valence-corrected chi connectivity index (χ4v) is 2.71. The summed E-state index contributed by atoms with van der Waals surface area (Å²) in [6.45, 7) is 2.05. The number of alkyl halides is 2. The van der Waals surface area contributed by atoms with Crippen LogP contribution in [0.3, 0.4) is 0 Å². The molecule has 0 saturated heterocycles. The van der Waals surface area contributed by atoms with Gasteiger partial charge in [0.05, 0.1) is 0 Å². The molecule has 0 fully saturated rings. The molecule has 0 bridgehead atoms. The molecule has 0 aliphatic carbocycles. The molecule has 0 unspecified atom stereocenters. The van der Waals surface area contributed by atoms with Gasteiger partial charge in [-0.3, -0.25) is 0 Å². The minimum absolute atomic E-state index is 0.234. The van der Waals surface area contributed by atoms with Gasteiger partial charge in [-0.25, -0.2) is 8.78 Å². The predicted octanol–water partition coefficient (Wildman–Crippen LogP) is 4.77. The van der Waals surface area contributed by atoms with Crippen LogP contribution in [0.15, 0.2) is 18.2 Å². The highest BCUT2D eigenvalue weighted by Crippen LogP contribution is 2.32. The molecule has 1 aromatic carbocycles. The second-order valence-electron chi connectivity index (χ2n) is 4.44. The van der Waals surface area contributed by atoms with Crippen LogP contribution in [-0.2, 0) is 6.42 Å². The van der Waals surface area contributed by atoms with Gasteiger partial charge in [0, 0.05) is 17.2 Å². The summed E-state index contributed by atoms with van der Waals surface area (Å²) < 4.78 is 25.9. The SMILES string of the molecule is CCCC(CCl)(CCl)Cc1ccc(F)c(F)c1. The Balaban J connectivity index is 2.89. The zero-order chi connectivity index (χ0) is 12.9. The summed E-state index contributed by atoms with van der Waals surface area (Å²) in [4.78, 5) is 0. The maximum absolute atomic E-state index is 13.1. The van der Waals surface area contributed by atoms with Crippen LogP contribution >= 0.6 is 23.2 Å². The molecular formula is C13H16Cl2F2. The van der Waals surface area contributed by atoms with Gasteiger partial charge in [0.1, 0.15) is 0 Å². The summed E-state index contributed by atoms with van der Waals surface area (Å²) in [5.41, 5.74) is 0.501. The van der Waals surface area contributed by atoms with E-state index in [9.17, 15) is 8.78 Å². The van der Waals surface area contributed by atoms with Gasteiger partial charge in [-0.15, -0.1) is 23.2 Å². The predicted molar refractivity (Wildman–Crippen MR) is 68.8 cm³/mol. The molecule has 0 radical (unpaired) electrons. The zero-order valence-electron chi connectivity index (χ0n) is 9.78. The first-order valence-electron chi connectivity index (χ1n) is 5.63. The van der Waals surface area contributed by atoms with Crippen LogP contribution < -0.4 is 0 Å². The lowest BCUT2D eigenvalue weighted by atomic mass is 9.81. The molecule has 0 nitrogen and oxygen atoms in total. The molecule has 0 atom stereocenters. The van der Waals surface area contributed by atoms with Gasteiger partial charge in [0.2, 0.25) is 0 Å². The van der Waals surface area contributed by atoms with E-state index >= 15 is 0 Å². The van der Waals surface area contributed by atoms with Crippen molar-refractivity contribution in [3.05, 3.63) is 35.4 Å². The molecule has 0 amide bonds. The number of hydrogen-bond donors (Lipinski definition) is 0. The second kappa shape index (κ2) is 6.55. The first-order valence-corrected chi connectivity index (χ1v) is 6.69. The Labute approximate surface area is 111 Å². The van der Waals surface area contributed by atoms with Crippen molar-refractivity contribution in [1.82, 2.24) is 0 Å². The van der Waals surface area contributed by atoms with Crippen LogP contribution in [-0.4, -0.2) is 11.8 Å². The largest absolute Gasteiger partial charge is 0.204 e. The van der Waals surface area contributed by atoms with Crippen molar-refractivity contribution in [3.8, 4) is 0 Å². The Hall–Kier alpha value is -0.340. The second-order valence-corrected chi connectivity index (χ2v) is 4.98. The first-order chi connectivity index (χ1) is 8.06. The van der Waals surface area contributed by atoms with E-state index in [0.717, 1.165) is 24.5 Å². The third kappa shape index (κ3) is 3.82. The highest BCUT2D eigenvalue weighted by molar-refractivity contribution is 6.21. The molecular weight excluding hydrogens is 265 g/mol. The van der Waals surface area contributed by atoms with Crippen molar-refractivity contribution in [2.75, 3.05) is 11.8 Å². The molecule has 96 valence electrons. The minimum atomic E-state index is -0.827. The number of rotatable bonds is 6. The van der Waals surface area contributed by atoms with Crippen LogP contribution in [0.1, 0.15) is 25.3 Å². The van der Waals surface area contributed by atoms with Crippen LogP contribution in [0.5, 0.6) is 0 Å². The maximum atomic E-state index is 13.1. The Morgan fingerprint density at radius 3 is 2.24 bits per heavy atom. The fourth-order valence-electron chi connectivity index (χ4n) is 1.97. The summed E-state index contributed by atoms with van der Waals surface area (Å²) in [6.07, 6.45) is 2.41. The summed E-state index contributed by atoms with van der Waals surface area (Å²) in [7, 11) is 0. The van der Waals surface area contributed by atoms with E-state index in [2.05, 4.69) is 6.92 Å². The molecule has 0 aliphatic rings. The number of benzene rings is 1. The van der Waals surface area contributed by atoms with Crippen LogP contribution in [0.4, 0.5) is 8.78 Å². The van der Waals surface area contributed by atoms with Crippen LogP contribution in [0.25, 0.3) is 0 Å². The smallest absolute Gasteiger partial charge is 0.159 e. The Kier molecular flexibility index (Phi) is 5.68. The third-order valence-corrected chi connectivity index (χ3v) is 4.04. The molecule has 0 N–H and O–H groups in total. The van der Waals surface area contributed by atoms with E-state index in [1.165, 1.54) is 6.07 Å². The lowest BCUT2D eigenvalue weighted by Crippen LogP contribution is -2.28. The highest BCUT2D eigenvalue weighted by Gasteiger charge is 2.28. The number of hydrogen-bond acceptors (Lipinski definition) is 0. The Bertz CT molecular complexity index is 362. The molecule has 0 heterocycles. The minimum Gasteiger partial charge on any atom is -0.204 e. The molecule has 17 heavy (non-hydrogen) atoms. The highest BCUT2D eigenvalue weighted by atomic mass is 35.5. The molecule has 0 spiro atoms. The lowest BCUT2D eigenvalue weighted by Gasteiger charge is -2.29. The van der Waals surface area contributed by atoms with Crippen molar-refractivity contribution in [2.45, 2.75) is 26.2 Å². The molecule has 0 aliphatic heterocycles. The van der Waals surface area contributed by atoms with E-state index in [1.807, 2.05) is 0 Å². The van der Waals surface area contributed by atoms with Crippen molar-refractivity contribution >= 4 is 23.2 Å². The normalized spacial score (nSPS) is 11.8. The summed E-state index contributed by atoms with van der Waals surface area (Å²) in [5, 5.41) is 0. The summed E-state index contributed by atoms with van der Waals surface area (Å²) >= 11 is 11.9. The number of halogens is 4. The van der Waals surface area contributed by atoms with Crippen molar-refractivity contribution in [3.63, 3.8) is 0 Å². The van der Waals surface area contributed by atoms with Gasteiger partial charge in [0.15, 0.2) is 11.6 Å². The van der Waals surface area contributed by atoms with E-state index in [-0.39, 0.29) is 5.41 Å². The average molecular weight is 281 g/mol. The molecule has 0 saturated carbocycles. The monoisotopic (exact) mass is 280 g/mol. The van der Waals surface area contributed by atoms with Crippen molar-refractivity contribution in [1.29, 1.82) is 0 Å². The molecule has 1 aromatic rings. The van der Waals surface area contributed by atoms with Gasteiger partial charge >= 0.3 is 0 Å². The lowest BCUT2D eigenvalue weighted by molar-refractivity contribution is 0.340. The van der Waals surface area contributed by atoms with Gasteiger partial charge in [-0.05, 0) is 30.5 Å². The Morgan fingerprint density at radius 1 is 1.12 bits per heavy atom. The van der Waals surface area contributed by atoms with Gasteiger partial charge in [-0.2, -0.15) is 0 Å². The fraction of sp³-hybridized carbons (Fsp3) is 0.538. The van der Waals surface area contributed by atoms with E-state index < -0.39 is 11.6 Å². The molecule has 1 rings (SSSR count). The molecule has 4 heteroatoms. The van der Waals surface area contributed by atoms with Gasteiger partial charge < -0.3 is 0 Å². The van der Waals surface area contributed by atoms with E-state index in [0.29, 0.717) is 18.2 Å². The van der Waals surface area contributed by atoms with E-state index in [1.54, 1.807) is 6.07 Å². The zero-order valence-corrected chi connectivity index (χ0v) is 11.3.